The quantitative estimate of drug-likeness (QED) is 0.606. The Hall–Kier alpha value is -1.67. The van der Waals surface area contributed by atoms with E-state index in [-0.39, 0.29) is 0 Å². The van der Waals surface area contributed by atoms with Crippen LogP contribution >= 0.6 is 7.14 Å². The van der Waals surface area contributed by atoms with Crippen molar-refractivity contribution in [1.29, 1.82) is 0 Å². The summed E-state index contributed by atoms with van der Waals surface area (Å²) >= 11 is 0. The van der Waals surface area contributed by atoms with Gasteiger partial charge in [0.05, 0.1) is 17.9 Å². The smallest absolute Gasteiger partial charge is 0.151 e. The van der Waals surface area contributed by atoms with Crippen molar-refractivity contribution in [3.05, 3.63) is 73.3 Å². The minimum atomic E-state index is -3.25. The molecule has 2 rings (SSSR count). The molecule has 23 heavy (non-hydrogen) atoms. The van der Waals surface area contributed by atoms with Gasteiger partial charge in [-0.1, -0.05) is 73.7 Å². The second kappa shape index (κ2) is 7.74. The van der Waals surface area contributed by atoms with Crippen LogP contribution in [0.2, 0.25) is 0 Å². The second-order valence-electron chi connectivity index (χ2n) is 5.52. The minimum Gasteiger partial charge on any atom is -0.392 e. The van der Waals surface area contributed by atoms with Gasteiger partial charge in [0.15, 0.2) is 7.14 Å². The molecule has 0 saturated heterocycles. The summed E-state index contributed by atoms with van der Waals surface area (Å²) in [5.41, 5.74) is -0.824. The topological polar surface area (TPSA) is 57.5 Å². The lowest BCUT2D eigenvalue weighted by atomic mass is 10.1. The van der Waals surface area contributed by atoms with E-state index < -0.39 is 25.0 Å². The molecule has 0 unspecified atom stereocenters. The largest absolute Gasteiger partial charge is 0.392 e. The molecular formula is C19H23O3P. The van der Waals surface area contributed by atoms with E-state index >= 15 is 0 Å². The van der Waals surface area contributed by atoms with Gasteiger partial charge in [0.1, 0.15) is 0 Å². The first-order valence-corrected chi connectivity index (χ1v) is 9.53. The first-order valence-electron chi connectivity index (χ1n) is 7.75. The van der Waals surface area contributed by atoms with Crippen LogP contribution in [-0.2, 0) is 4.57 Å². The van der Waals surface area contributed by atoms with Gasteiger partial charge in [0.2, 0.25) is 0 Å². The van der Waals surface area contributed by atoms with Crippen molar-refractivity contribution in [3.63, 3.8) is 0 Å². The Morgan fingerprint density at radius 2 is 1.43 bits per heavy atom. The molecule has 0 aliphatic carbocycles. The van der Waals surface area contributed by atoms with Crippen LogP contribution in [0.15, 0.2) is 73.3 Å². The standard InChI is InChI=1S/C19H23O3P/c1-3-17(20)19(18(21)4-2)23(22,15-11-7-5-8-12-15)16-13-9-6-10-14-16/h3,5-14,17-21H,1,4H2,2H3/t17-,18+,19+/m0/s1. The second-order valence-corrected chi connectivity index (χ2v) is 8.47. The third-order valence-electron chi connectivity index (χ3n) is 4.10. The predicted octanol–water partition coefficient (Wildman–Crippen LogP) is 2.69. The number of hydrogen-bond acceptors (Lipinski definition) is 3. The molecule has 0 aliphatic rings. The van der Waals surface area contributed by atoms with E-state index in [1.165, 1.54) is 6.08 Å². The van der Waals surface area contributed by atoms with Gasteiger partial charge in [-0.3, -0.25) is 0 Å². The maximum Gasteiger partial charge on any atom is 0.151 e. The van der Waals surface area contributed by atoms with E-state index in [2.05, 4.69) is 6.58 Å². The fraction of sp³-hybridized carbons (Fsp3) is 0.263. The van der Waals surface area contributed by atoms with Crippen LogP contribution in [0.25, 0.3) is 0 Å². The summed E-state index contributed by atoms with van der Waals surface area (Å²) in [7, 11) is -3.25. The third-order valence-corrected chi connectivity index (χ3v) is 7.72. The van der Waals surface area contributed by atoms with Crippen molar-refractivity contribution in [1.82, 2.24) is 0 Å². The Kier molecular flexibility index (Phi) is 5.95. The Morgan fingerprint density at radius 3 is 1.78 bits per heavy atom. The molecule has 2 aromatic rings. The molecule has 0 aromatic heterocycles. The van der Waals surface area contributed by atoms with Gasteiger partial charge in [0, 0.05) is 10.6 Å². The van der Waals surface area contributed by atoms with Crippen molar-refractivity contribution in [2.45, 2.75) is 31.2 Å². The first kappa shape index (κ1) is 17.7. The summed E-state index contributed by atoms with van der Waals surface area (Å²) in [6, 6.07) is 18.2. The van der Waals surface area contributed by atoms with E-state index in [0.717, 1.165) is 0 Å². The van der Waals surface area contributed by atoms with Gasteiger partial charge < -0.3 is 14.8 Å². The lowest BCUT2D eigenvalue weighted by molar-refractivity contribution is 0.106. The highest BCUT2D eigenvalue weighted by Gasteiger charge is 2.43. The molecular weight excluding hydrogens is 307 g/mol. The fourth-order valence-electron chi connectivity index (χ4n) is 2.86. The maximum atomic E-state index is 14.1. The molecule has 3 nitrogen and oxygen atoms in total. The summed E-state index contributed by atoms with van der Waals surface area (Å²) in [5, 5.41) is 22.2. The molecule has 0 bridgehead atoms. The average molecular weight is 330 g/mol. The molecule has 0 saturated carbocycles. The van der Waals surface area contributed by atoms with Crippen LogP contribution in [0.3, 0.4) is 0 Å². The zero-order valence-corrected chi connectivity index (χ0v) is 14.1. The molecule has 4 heteroatoms. The summed E-state index contributed by atoms with van der Waals surface area (Å²) in [4.78, 5) is 0. The van der Waals surface area contributed by atoms with Crippen LogP contribution in [0.1, 0.15) is 13.3 Å². The molecule has 0 fully saturated rings. The van der Waals surface area contributed by atoms with Crippen molar-refractivity contribution >= 4 is 17.8 Å². The average Bonchev–Trinajstić information content (AvgIpc) is 2.62. The normalized spacial score (nSPS) is 15.6. The fourth-order valence-corrected chi connectivity index (χ4v) is 6.32. The summed E-state index contributed by atoms with van der Waals surface area (Å²) in [6.07, 6.45) is -0.202. The zero-order chi connectivity index (χ0) is 16.9. The van der Waals surface area contributed by atoms with Crippen LogP contribution in [0, 0.1) is 0 Å². The van der Waals surface area contributed by atoms with Crippen LogP contribution in [0.5, 0.6) is 0 Å². The van der Waals surface area contributed by atoms with E-state index in [4.69, 9.17) is 0 Å². The first-order chi connectivity index (χ1) is 11.1. The van der Waals surface area contributed by atoms with Gasteiger partial charge >= 0.3 is 0 Å². The molecule has 0 spiro atoms. The number of aliphatic hydroxyl groups is 2. The van der Waals surface area contributed by atoms with Crippen molar-refractivity contribution < 1.29 is 14.8 Å². The molecule has 2 N–H and O–H groups in total. The van der Waals surface area contributed by atoms with Gasteiger partial charge in [0.25, 0.3) is 0 Å². The predicted molar refractivity (Wildman–Crippen MR) is 96.0 cm³/mol. The van der Waals surface area contributed by atoms with Gasteiger partial charge in [-0.05, 0) is 6.42 Å². The van der Waals surface area contributed by atoms with Crippen LogP contribution < -0.4 is 10.6 Å². The van der Waals surface area contributed by atoms with Gasteiger partial charge in [-0.2, -0.15) is 0 Å². The summed E-state index contributed by atoms with van der Waals surface area (Å²) in [6.45, 7) is 5.43. The number of rotatable bonds is 7. The highest BCUT2D eigenvalue weighted by molar-refractivity contribution is 7.79. The lowest BCUT2D eigenvalue weighted by Gasteiger charge is -2.34. The summed E-state index contributed by atoms with van der Waals surface area (Å²) in [5.74, 6) is 0. The number of aliphatic hydroxyl groups excluding tert-OH is 2. The van der Waals surface area contributed by atoms with Crippen molar-refractivity contribution in [2.24, 2.45) is 0 Å². The zero-order valence-electron chi connectivity index (χ0n) is 13.2. The molecule has 0 aliphatic heterocycles. The lowest BCUT2D eigenvalue weighted by Crippen LogP contribution is -2.41. The SMILES string of the molecule is C=C[C@H](O)[C@H]([C@H](O)CC)P(=O)(c1ccccc1)c1ccccc1. The monoisotopic (exact) mass is 330 g/mol. The van der Waals surface area contributed by atoms with Gasteiger partial charge in [-0.15, -0.1) is 6.58 Å². The molecule has 122 valence electrons. The Bertz CT molecular complexity index is 626. The van der Waals surface area contributed by atoms with Crippen molar-refractivity contribution in [3.8, 4) is 0 Å². The van der Waals surface area contributed by atoms with E-state index in [1.807, 2.05) is 43.3 Å². The minimum absolute atomic E-state index is 0.402. The van der Waals surface area contributed by atoms with E-state index in [1.54, 1.807) is 24.3 Å². The number of hydrogen-bond donors (Lipinski definition) is 2. The molecule has 3 atom stereocenters. The number of benzene rings is 2. The van der Waals surface area contributed by atoms with Crippen LogP contribution in [-0.4, -0.2) is 28.1 Å². The Morgan fingerprint density at radius 1 is 1.00 bits per heavy atom. The highest BCUT2D eigenvalue weighted by atomic mass is 31.2. The summed E-state index contributed by atoms with van der Waals surface area (Å²) < 4.78 is 14.1. The Balaban J connectivity index is 2.71. The maximum absolute atomic E-state index is 14.1. The van der Waals surface area contributed by atoms with Crippen molar-refractivity contribution in [2.75, 3.05) is 0 Å². The highest BCUT2D eigenvalue weighted by Crippen LogP contribution is 2.51. The molecule has 0 heterocycles. The third kappa shape index (κ3) is 3.48. The molecule has 2 aromatic carbocycles. The van der Waals surface area contributed by atoms with Crippen LogP contribution in [0.4, 0.5) is 0 Å². The Labute approximate surface area is 137 Å². The molecule has 0 radical (unpaired) electrons. The van der Waals surface area contributed by atoms with E-state index in [0.29, 0.717) is 17.0 Å². The van der Waals surface area contributed by atoms with Gasteiger partial charge in [-0.25, -0.2) is 0 Å². The molecule has 0 amide bonds. The van der Waals surface area contributed by atoms with E-state index in [9.17, 15) is 14.8 Å².